The smallest absolute Gasteiger partial charge is 0.200 e. The number of benzene rings is 2. The van der Waals surface area contributed by atoms with E-state index in [2.05, 4.69) is 9.48 Å². The maximum Gasteiger partial charge on any atom is 0.200 e. The normalized spacial score (nSPS) is 12.6. The molecule has 2 aromatic carbocycles. The summed E-state index contributed by atoms with van der Waals surface area (Å²) in [6, 6.07) is 14.7. The third-order valence-electron chi connectivity index (χ3n) is 7.15. The van der Waals surface area contributed by atoms with Crippen molar-refractivity contribution in [2.75, 3.05) is 110 Å². The van der Waals surface area contributed by atoms with Crippen molar-refractivity contribution in [1.82, 2.24) is 0 Å². The highest BCUT2D eigenvalue weighted by molar-refractivity contribution is 6.04. The number of hydrogen-bond donors (Lipinski definition) is 4. The zero-order chi connectivity index (χ0) is 32.8. The van der Waals surface area contributed by atoms with E-state index in [1.165, 1.54) is 6.07 Å². The first kappa shape index (κ1) is 37.2. The van der Waals surface area contributed by atoms with E-state index < -0.39 is 0 Å². The van der Waals surface area contributed by atoms with Gasteiger partial charge in [0, 0.05) is 36.5 Å². The van der Waals surface area contributed by atoms with Crippen molar-refractivity contribution >= 4 is 17.0 Å². The van der Waals surface area contributed by atoms with Gasteiger partial charge in [-0.3, -0.25) is 0 Å². The Morgan fingerprint density at radius 2 is 1.11 bits per heavy atom. The molecule has 0 amide bonds. The Hall–Kier alpha value is -3.26. The van der Waals surface area contributed by atoms with E-state index >= 15 is 4.39 Å². The molecule has 1 aliphatic rings. The standard InChI is InChI=1S/C35H48FN2O8/c36-34-4-2-1-3-33(34)35(29-5-9-31(10-6-29)37(13-21-43-25-17-39)14-22-44-26-18-40)30-7-11-32(12-8-30)38(15-23-45-27-19-41)16-24-46-28-20-42/h1-12,39-42H,13-28H2/q+1. The van der Waals surface area contributed by atoms with E-state index in [9.17, 15) is 0 Å². The number of rotatable bonds is 23. The molecule has 0 atom stereocenters. The van der Waals surface area contributed by atoms with Crippen molar-refractivity contribution in [3.8, 4) is 0 Å². The second-order valence-corrected chi connectivity index (χ2v) is 10.3. The first-order chi connectivity index (χ1) is 22.6. The van der Waals surface area contributed by atoms with Gasteiger partial charge < -0.3 is 44.3 Å². The summed E-state index contributed by atoms with van der Waals surface area (Å²) in [4.78, 5) is 2.11. The molecular weight excluding hydrogens is 595 g/mol. The first-order valence-electron chi connectivity index (χ1n) is 15.7. The number of halogens is 1. The topological polar surface area (TPSA) is 124 Å². The molecule has 2 aromatic rings. The van der Waals surface area contributed by atoms with Gasteiger partial charge in [-0.2, -0.15) is 0 Å². The van der Waals surface area contributed by atoms with E-state index in [4.69, 9.17) is 39.4 Å². The van der Waals surface area contributed by atoms with E-state index in [1.807, 2.05) is 54.6 Å². The van der Waals surface area contributed by atoms with Crippen molar-refractivity contribution in [3.63, 3.8) is 0 Å². The molecule has 0 radical (unpaired) electrons. The molecule has 4 N–H and O–H groups in total. The Balaban J connectivity index is 1.92. The lowest BCUT2D eigenvalue weighted by molar-refractivity contribution is -0.532. The monoisotopic (exact) mass is 643 g/mol. The summed E-state index contributed by atoms with van der Waals surface area (Å²) in [5.74, 6) is -0.321. The minimum absolute atomic E-state index is 0.0416. The van der Waals surface area contributed by atoms with Crippen molar-refractivity contribution in [2.45, 2.75) is 0 Å². The van der Waals surface area contributed by atoms with Crippen LogP contribution in [0.4, 0.5) is 10.1 Å². The minimum atomic E-state index is -0.321. The summed E-state index contributed by atoms with van der Waals surface area (Å²) in [5.41, 5.74) is 4.82. The molecule has 0 saturated heterocycles. The molecule has 0 unspecified atom stereocenters. The van der Waals surface area contributed by atoms with E-state index in [0.29, 0.717) is 58.2 Å². The summed E-state index contributed by atoms with van der Waals surface area (Å²) in [6.45, 7) is 4.94. The number of hydrogen-bond acceptors (Lipinski definition) is 9. The molecule has 0 spiro atoms. The summed E-state index contributed by atoms with van der Waals surface area (Å²) in [7, 11) is 0. The first-order valence-corrected chi connectivity index (χ1v) is 15.7. The number of nitrogens with zero attached hydrogens (tertiary/aromatic N) is 2. The van der Waals surface area contributed by atoms with E-state index in [0.717, 1.165) is 28.1 Å². The summed E-state index contributed by atoms with van der Waals surface area (Å²) in [5, 5.41) is 36.2. The lowest BCUT2D eigenvalue weighted by Gasteiger charge is -2.25. The number of anilines is 1. The molecule has 46 heavy (non-hydrogen) atoms. The minimum Gasteiger partial charge on any atom is -0.394 e. The van der Waals surface area contributed by atoms with E-state index in [1.54, 1.807) is 12.1 Å². The maximum atomic E-state index is 15.3. The van der Waals surface area contributed by atoms with Crippen LogP contribution in [0.25, 0.3) is 5.57 Å². The second-order valence-electron chi connectivity index (χ2n) is 10.3. The lowest BCUT2D eigenvalue weighted by Crippen LogP contribution is -2.31. The summed E-state index contributed by atoms with van der Waals surface area (Å²) >= 11 is 0. The van der Waals surface area contributed by atoms with Crippen LogP contribution >= 0.6 is 0 Å². The molecule has 252 valence electrons. The SMILES string of the molecule is OCCOCCN(CCOCCO)c1ccc(C(=C2C=CC(=[N+](CCOCCO)CCOCCO)C=C2)c2ccccc2F)cc1. The largest absolute Gasteiger partial charge is 0.394 e. The predicted molar refractivity (Wildman–Crippen MR) is 176 cm³/mol. The lowest BCUT2D eigenvalue weighted by atomic mass is 9.90. The number of allylic oxidation sites excluding steroid dienone is 5. The van der Waals surface area contributed by atoms with Gasteiger partial charge in [0.25, 0.3) is 0 Å². The van der Waals surface area contributed by atoms with E-state index in [-0.39, 0.29) is 58.7 Å². The Bertz CT molecular complexity index is 1240. The zero-order valence-corrected chi connectivity index (χ0v) is 26.4. The molecule has 0 aromatic heterocycles. The molecule has 11 heteroatoms. The quantitative estimate of drug-likeness (QED) is 0.106. The zero-order valence-electron chi connectivity index (χ0n) is 26.4. The fourth-order valence-electron chi connectivity index (χ4n) is 4.92. The van der Waals surface area contributed by atoms with Gasteiger partial charge >= 0.3 is 0 Å². The van der Waals surface area contributed by atoms with Crippen LogP contribution in [0.1, 0.15) is 11.1 Å². The van der Waals surface area contributed by atoms with Crippen LogP contribution in [-0.4, -0.2) is 136 Å². The van der Waals surface area contributed by atoms with Crippen LogP contribution in [0.15, 0.2) is 78.4 Å². The molecule has 0 aliphatic heterocycles. The van der Waals surface area contributed by atoms with Crippen LogP contribution in [0, 0.1) is 5.82 Å². The third-order valence-corrected chi connectivity index (χ3v) is 7.15. The number of aliphatic hydroxyl groups excluding tert-OH is 4. The van der Waals surface area contributed by atoms with Gasteiger partial charge in [-0.1, -0.05) is 30.3 Å². The number of aliphatic hydroxyl groups is 4. The fraction of sp³-hybridized carbons (Fsp3) is 0.457. The Kier molecular flexibility index (Phi) is 18.0. The molecule has 0 bridgehead atoms. The van der Waals surface area contributed by atoms with Gasteiger partial charge in [0.1, 0.15) is 19.0 Å². The Morgan fingerprint density at radius 1 is 0.609 bits per heavy atom. The molecule has 1 aliphatic carbocycles. The molecule has 0 fully saturated rings. The fourth-order valence-corrected chi connectivity index (χ4v) is 4.92. The number of ether oxygens (including phenoxy) is 4. The average molecular weight is 644 g/mol. The van der Waals surface area contributed by atoms with Crippen molar-refractivity contribution < 1.29 is 48.3 Å². The Labute approximate surface area is 270 Å². The third kappa shape index (κ3) is 12.5. The highest BCUT2D eigenvalue weighted by atomic mass is 19.1. The van der Waals surface area contributed by atoms with Gasteiger partial charge in [-0.05, 0) is 47.1 Å². The average Bonchev–Trinajstić information content (AvgIpc) is 3.08. The van der Waals surface area contributed by atoms with Crippen LogP contribution in [-0.2, 0) is 18.9 Å². The van der Waals surface area contributed by atoms with Crippen LogP contribution < -0.4 is 4.90 Å². The van der Waals surface area contributed by atoms with Gasteiger partial charge in [0.15, 0.2) is 18.8 Å². The van der Waals surface area contributed by atoms with Crippen molar-refractivity contribution in [3.05, 3.63) is 95.4 Å². The highest BCUT2D eigenvalue weighted by Crippen LogP contribution is 2.32. The predicted octanol–water partition coefficient (Wildman–Crippen LogP) is 2.05. The second kappa shape index (κ2) is 22.3. The summed E-state index contributed by atoms with van der Waals surface area (Å²) < 4.78 is 39.3. The Morgan fingerprint density at radius 3 is 1.61 bits per heavy atom. The van der Waals surface area contributed by atoms with Gasteiger partial charge in [-0.15, -0.1) is 0 Å². The summed E-state index contributed by atoms with van der Waals surface area (Å²) in [6.07, 6.45) is 7.93. The van der Waals surface area contributed by atoms with Crippen molar-refractivity contribution in [1.29, 1.82) is 0 Å². The van der Waals surface area contributed by atoms with Gasteiger partial charge in [0.2, 0.25) is 0 Å². The highest BCUT2D eigenvalue weighted by Gasteiger charge is 2.18. The van der Waals surface area contributed by atoms with Crippen LogP contribution in [0.3, 0.4) is 0 Å². The van der Waals surface area contributed by atoms with Gasteiger partial charge in [0.05, 0.1) is 66.1 Å². The van der Waals surface area contributed by atoms with Crippen LogP contribution in [0.5, 0.6) is 0 Å². The molecule has 0 heterocycles. The maximum absolute atomic E-state index is 15.3. The molecule has 0 saturated carbocycles. The molecule has 3 rings (SSSR count). The van der Waals surface area contributed by atoms with Crippen molar-refractivity contribution in [2.24, 2.45) is 0 Å². The molecular formula is C35H48FN2O8+. The van der Waals surface area contributed by atoms with Crippen LogP contribution in [0.2, 0.25) is 0 Å². The van der Waals surface area contributed by atoms with Gasteiger partial charge in [-0.25, -0.2) is 8.97 Å². The molecule has 10 nitrogen and oxygen atoms in total.